The van der Waals surface area contributed by atoms with E-state index in [2.05, 4.69) is 34.7 Å². The number of halogens is 1. The summed E-state index contributed by atoms with van der Waals surface area (Å²) < 4.78 is 6.59. The Labute approximate surface area is 210 Å². The number of aliphatic hydroxyl groups is 1. The fraction of sp³-hybridized carbons (Fsp3) is 0.407. The number of Topliss-reactive ketones (excluding diaryl/α,β-unsaturated/α-hetero) is 1. The number of aliphatic hydroxyl groups excluding tert-OH is 1. The Balaban J connectivity index is 2.01. The van der Waals surface area contributed by atoms with E-state index in [0.717, 1.165) is 42.5 Å². The number of rotatable bonds is 11. The molecule has 182 valence electrons. The average Bonchev–Trinajstić information content (AvgIpc) is 3.10. The number of carbonyl (C=O) groups is 2. The highest BCUT2D eigenvalue weighted by Crippen LogP contribution is 2.40. The first-order valence-electron chi connectivity index (χ1n) is 11.9. The number of ketones is 1. The molecule has 3 rings (SSSR count). The standard InChI is InChI=1S/C27H33BrN2O4/c1-4-17-34-22-10-7-9-20(18-22)25(31)23-24(19-11-13-21(28)14-12-19)30(27(33)26(23)32)16-8-15-29(5-2)6-3/h7,9-14,18,24,31H,4-6,8,15-17H2,1-3H3/b25-23+. The zero-order valence-electron chi connectivity index (χ0n) is 20.1. The van der Waals surface area contributed by atoms with E-state index >= 15 is 0 Å². The molecule has 2 aromatic carbocycles. The molecule has 0 aliphatic carbocycles. The Bertz CT molecular complexity index is 1030. The maximum absolute atomic E-state index is 13.2. The highest BCUT2D eigenvalue weighted by atomic mass is 79.9. The van der Waals surface area contributed by atoms with E-state index in [1.54, 1.807) is 23.1 Å². The van der Waals surface area contributed by atoms with Crippen LogP contribution in [0.1, 0.15) is 50.8 Å². The van der Waals surface area contributed by atoms with Gasteiger partial charge in [-0.3, -0.25) is 9.59 Å². The molecule has 1 unspecified atom stereocenters. The number of benzene rings is 2. The lowest BCUT2D eigenvalue weighted by molar-refractivity contribution is -0.140. The summed E-state index contributed by atoms with van der Waals surface area (Å²) in [6.07, 6.45) is 1.60. The van der Waals surface area contributed by atoms with Crippen LogP contribution in [0.15, 0.2) is 58.6 Å². The third kappa shape index (κ3) is 5.88. The molecule has 1 heterocycles. The Kier molecular flexibility index (Phi) is 9.30. The molecule has 0 radical (unpaired) electrons. The molecule has 0 spiro atoms. The molecule has 0 saturated carbocycles. The SMILES string of the molecule is CCCOc1cccc(/C(O)=C2\C(=O)C(=O)N(CCCN(CC)CC)C2c2ccc(Br)cc2)c1. The first-order chi connectivity index (χ1) is 16.4. The summed E-state index contributed by atoms with van der Waals surface area (Å²) in [5, 5.41) is 11.3. The number of likely N-dealkylation sites (tertiary alicyclic amines) is 1. The Hall–Kier alpha value is -2.64. The molecule has 1 aliphatic heterocycles. The van der Waals surface area contributed by atoms with Gasteiger partial charge in [0.1, 0.15) is 11.5 Å². The normalized spacial score (nSPS) is 17.6. The number of ether oxygens (including phenoxy) is 1. The molecule has 1 fully saturated rings. The summed E-state index contributed by atoms with van der Waals surface area (Å²) in [5.74, 6) is -0.806. The van der Waals surface area contributed by atoms with Crippen LogP contribution in [0.3, 0.4) is 0 Å². The van der Waals surface area contributed by atoms with Crippen molar-refractivity contribution in [3.05, 3.63) is 69.7 Å². The molecule has 1 amide bonds. The minimum atomic E-state index is -0.659. The first-order valence-corrected chi connectivity index (χ1v) is 12.7. The van der Waals surface area contributed by atoms with Gasteiger partial charge < -0.3 is 19.6 Å². The van der Waals surface area contributed by atoms with Gasteiger partial charge in [0.15, 0.2) is 0 Å². The van der Waals surface area contributed by atoms with E-state index in [4.69, 9.17) is 4.74 Å². The number of carbonyl (C=O) groups excluding carboxylic acids is 2. The molecular formula is C27H33BrN2O4. The third-order valence-corrected chi connectivity index (χ3v) is 6.60. The molecule has 1 saturated heterocycles. The van der Waals surface area contributed by atoms with Gasteiger partial charge in [-0.2, -0.15) is 0 Å². The number of amides is 1. The minimum absolute atomic E-state index is 0.114. The lowest BCUT2D eigenvalue weighted by Crippen LogP contribution is -2.33. The van der Waals surface area contributed by atoms with Crippen LogP contribution in [-0.2, 0) is 9.59 Å². The summed E-state index contributed by atoms with van der Waals surface area (Å²) in [6, 6.07) is 13.9. The molecule has 0 aromatic heterocycles. The Morgan fingerprint density at radius 1 is 1.09 bits per heavy atom. The molecule has 0 bridgehead atoms. The highest BCUT2D eigenvalue weighted by Gasteiger charge is 2.45. The summed E-state index contributed by atoms with van der Waals surface area (Å²) in [7, 11) is 0. The third-order valence-electron chi connectivity index (χ3n) is 6.07. The maximum atomic E-state index is 13.2. The first kappa shape index (κ1) is 26.0. The van der Waals surface area contributed by atoms with E-state index in [1.165, 1.54) is 0 Å². The van der Waals surface area contributed by atoms with Gasteiger partial charge in [0.25, 0.3) is 11.7 Å². The fourth-order valence-electron chi connectivity index (χ4n) is 4.22. The van der Waals surface area contributed by atoms with Gasteiger partial charge in [-0.05, 0) is 62.3 Å². The van der Waals surface area contributed by atoms with Crippen LogP contribution >= 0.6 is 15.9 Å². The van der Waals surface area contributed by atoms with E-state index < -0.39 is 17.7 Å². The van der Waals surface area contributed by atoms with Gasteiger partial charge in [0, 0.05) is 16.6 Å². The van der Waals surface area contributed by atoms with Gasteiger partial charge >= 0.3 is 0 Å². The van der Waals surface area contributed by atoms with Crippen molar-refractivity contribution in [1.82, 2.24) is 9.80 Å². The molecule has 1 aliphatic rings. The van der Waals surface area contributed by atoms with Crippen LogP contribution in [0.25, 0.3) is 5.76 Å². The van der Waals surface area contributed by atoms with Crippen molar-refractivity contribution in [1.29, 1.82) is 0 Å². The largest absolute Gasteiger partial charge is 0.507 e. The topological polar surface area (TPSA) is 70.1 Å². The molecule has 1 atom stereocenters. The quantitative estimate of drug-likeness (QED) is 0.240. The monoisotopic (exact) mass is 528 g/mol. The van der Waals surface area contributed by atoms with Gasteiger partial charge in [-0.25, -0.2) is 0 Å². The lowest BCUT2D eigenvalue weighted by atomic mass is 9.95. The van der Waals surface area contributed by atoms with E-state index in [-0.39, 0.29) is 11.3 Å². The van der Waals surface area contributed by atoms with Crippen molar-refractivity contribution in [3.8, 4) is 5.75 Å². The van der Waals surface area contributed by atoms with E-state index in [0.29, 0.717) is 24.5 Å². The van der Waals surface area contributed by atoms with Gasteiger partial charge in [-0.1, -0.05) is 61.0 Å². The van der Waals surface area contributed by atoms with Crippen LogP contribution in [0, 0.1) is 0 Å². The second-order valence-corrected chi connectivity index (χ2v) is 9.22. The summed E-state index contributed by atoms with van der Waals surface area (Å²) in [5.41, 5.74) is 1.35. The summed E-state index contributed by atoms with van der Waals surface area (Å²) in [4.78, 5) is 30.2. The van der Waals surface area contributed by atoms with Gasteiger partial charge in [0.05, 0.1) is 18.2 Å². The van der Waals surface area contributed by atoms with Crippen molar-refractivity contribution < 1.29 is 19.4 Å². The van der Waals surface area contributed by atoms with E-state index in [1.807, 2.05) is 37.3 Å². The number of hydrogen-bond donors (Lipinski definition) is 1. The van der Waals surface area contributed by atoms with Crippen molar-refractivity contribution >= 4 is 33.4 Å². The molecule has 2 aromatic rings. The Morgan fingerprint density at radius 3 is 2.44 bits per heavy atom. The second-order valence-electron chi connectivity index (χ2n) is 8.30. The molecular weight excluding hydrogens is 496 g/mol. The lowest BCUT2D eigenvalue weighted by Gasteiger charge is -2.27. The smallest absolute Gasteiger partial charge is 0.295 e. The minimum Gasteiger partial charge on any atom is -0.507 e. The predicted octanol–water partition coefficient (Wildman–Crippen LogP) is 5.39. The number of nitrogens with zero attached hydrogens (tertiary/aromatic N) is 2. The van der Waals surface area contributed by atoms with Crippen LogP contribution < -0.4 is 4.74 Å². The van der Waals surface area contributed by atoms with Crippen LogP contribution in [0.2, 0.25) is 0 Å². The highest BCUT2D eigenvalue weighted by molar-refractivity contribution is 9.10. The van der Waals surface area contributed by atoms with Gasteiger partial charge in [0.2, 0.25) is 0 Å². The van der Waals surface area contributed by atoms with Crippen molar-refractivity contribution in [2.24, 2.45) is 0 Å². The van der Waals surface area contributed by atoms with Gasteiger partial charge in [-0.15, -0.1) is 0 Å². The molecule has 7 heteroatoms. The molecule has 34 heavy (non-hydrogen) atoms. The van der Waals surface area contributed by atoms with Crippen molar-refractivity contribution in [3.63, 3.8) is 0 Å². The second kappa shape index (κ2) is 12.2. The van der Waals surface area contributed by atoms with E-state index in [9.17, 15) is 14.7 Å². The van der Waals surface area contributed by atoms with Crippen molar-refractivity contribution in [2.75, 3.05) is 32.8 Å². The zero-order chi connectivity index (χ0) is 24.7. The Morgan fingerprint density at radius 2 is 1.79 bits per heavy atom. The van der Waals surface area contributed by atoms with Crippen LogP contribution in [0.4, 0.5) is 0 Å². The average molecular weight is 529 g/mol. The fourth-order valence-corrected chi connectivity index (χ4v) is 4.48. The molecule has 6 nitrogen and oxygen atoms in total. The predicted molar refractivity (Wildman–Crippen MR) is 138 cm³/mol. The zero-order valence-corrected chi connectivity index (χ0v) is 21.7. The van der Waals surface area contributed by atoms with Crippen LogP contribution in [0.5, 0.6) is 5.75 Å². The molecule has 1 N–H and O–H groups in total. The van der Waals surface area contributed by atoms with Crippen LogP contribution in [-0.4, -0.2) is 59.4 Å². The summed E-state index contributed by atoms with van der Waals surface area (Å²) in [6.45, 7) is 9.91. The van der Waals surface area contributed by atoms with Crippen molar-refractivity contribution in [2.45, 2.75) is 39.7 Å². The summed E-state index contributed by atoms with van der Waals surface area (Å²) >= 11 is 3.45. The maximum Gasteiger partial charge on any atom is 0.295 e. The number of hydrogen-bond acceptors (Lipinski definition) is 5.